The number of nitrogens with zero attached hydrogens (tertiary/aromatic N) is 1. The van der Waals surface area contributed by atoms with Crippen molar-refractivity contribution < 1.29 is 19.1 Å². The lowest BCUT2D eigenvalue weighted by Crippen LogP contribution is -2.45. The van der Waals surface area contributed by atoms with Crippen LogP contribution in [0.3, 0.4) is 0 Å². The quantitative estimate of drug-likeness (QED) is 0.825. The molecule has 1 aromatic carbocycles. The highest BCUT2D eigenvalue weighted by Gasteiger charge is 2.34. The van der Waals surface area contributed by atoms with Gasteiger partial charge in [-0.2, -0.15) is 0 Å². The van der Waals surface area contributed by atoms with Crippen molar-refractivity contribution >= 4 is 34.4 Å². The van der Waals surface area contributed by atoms with Crippen LogP contribution < -0.4 is 15.0 Å². The predicted octanol–water partition coefficient (Wildman–Crippen LogP) is 2.37. The van der Waals surface area contributed by atoms with Gasteiger partial charge in [-0.05, 0) is 25.0 Å². The number of ether oxygens (including phenoxy) is 1. The number of amides is 2. The highest BCUT2D eigenvalue weighted by Crippen LogP contribution is 2.32. The van der Waals surface area contributed by atoms with Gasteiger partial charge in [0, 0.05) is 18.2 Å². The van der Waals surface area contributed by atoms with Crippen LogP contribution >= 0.6 is 11.8 Å². The highest BCUT2D eigenvalue weighted by atomic mass is 32.2. The summed E-state index contributed by atoms with van der Waals surface area (Å²) < 4.78 is 5.38. The topological polar surface area (TPSA) is 75.7 Å². The first-order valence-electron chi connectivity index (χ1n) is 8.98. The van der Waals surface area contributed by atoms with Gasteiger partial charge in [-0.1, -0.05) is 36.7 Å². The number of carbonyl (C=O) groups excluding carboxylic acids is 3. The van der Waals surface area contributed by atoms with Gasteiger partial charge in [-0.25, -0.2) is 0 Å². The summed E-state index contributed by atoms with van der Waals surface area (Å²) in [6, 6.07) is 7.35. The molecule has 1 N–H and O–H groups in total. The smallest absolute Gasteiger partial charge is 0.240 e. The van der Waals surface area contributed by atoms with Crippen LogP contribution in [0.5, 0.6) is 5.75 Å². The van der Waals surface area contributed by atoms with Crippen LogP contribution in [-0.4, -0.2) is 42.4 Å². The molecule has 0 bridgehead atoms. The zero-order chi connectivity index (χ0) is 18.5. The second-order valence-electron chi connectivity index (χ2n) is 6.73. The fourth-order valence-corrected chi connectivity index (χ4v) is 4.48. The first-order chi connectivity index (χ1) is 12.6. The fourth-order valence-electron chi connectivity index (χ4n) is 3.51. The van der Waals surface area contributed by atoms with Gasteiger partial charge in [-0.15, -0.1) is 0 Å². The third kappa shape index (κ3) is 4.38. The minimum Gasteiger partial charge on any atom is -0.495 e. The predicted molar refractivity (Wildman–Crippen MR) is 101 cm³/mol. The molecule has 1 saturated carbocycles. The SMILES string of the molecule is COc1ccccc1N(CC(=O)NC1CCCC1)C(=O)C1CSC(=O)C1. The summed E-state index contributed by atoms with van der Waals surface area (Å²) in [5.74, 6) is 0.235. The Balaban J connectivity index is 1.79. The molecule has 6 nitrogen and oxygen atoms in total. The molecule has 1 heterocycles. The molecule has 3 rings (SSSR count). The minimum absolute atomic E-state index is 0.0266. The monoisotopic (exact) mass is 376 g/mol. The van der Waals surface area contributed by atoms with Crippen molar-refractivity contribution in [3.63, 3.8) is 0 Å². The van der Waals surface area contributed by atoms with Crippen LogP contribution in [0.1, 0.15) is 32.1 Å². The number of rotatable bonds is 6. The average Bonchev–Trinajstić information content (AvgIpc) is 3.31. The van der Waals surface area contributed by atoms with Gasteiger partial charge >= 0.3 is 0 Å². The maximum Gasteiger partial charge on any atom is 0.240 e. The molecule has 2 amide bonds. The molecule has 26 heavy (non-hydrogen) atoms. The second kappa shape index (κ2) is 8.58. The maximum atomic E-state index is 13.1. The normalized spacial score (nSPS) is 20.2. The van der Waals surface area contributed by atoms with Crippen molar-refractivity contribution in [2.24, 2.45) is 5.92 Å². The molecule has 140 valence electrons. The van der Waals surface area contributed by atoms with Crippen LogP contribution in [0, 0.1) is 5.92 Å². The number of para-hydroxylation sites is 2. The molecule has 1 unspecified atom stereocenters. The highest BCUT2D eigenvalue weighted by molar-refractivity contribution is 8.14. The van der Waals surface area contributed by atoms with E-state index in [1.807, 2.05) is 12.1 Å². The first kappa shape index (κ1) is 18.8. The van der Waals surface area contributed by atoms with Crippen molar-refractivity contribution in [3.8, 4) is 5.75 Å². The lowest BCUT2D eigenvalue weighted by atomic mass is 10.1. The zero-order valence-corrected chi connectivity index (χ0v) is 15.7. The third-order valence-corrected chi connectivity index (χ3v) is 5.93. The summed E-state index contributed by atoms with van der Waals surface area (Å²) in [5, 5.41) is 3.05. The van der Waals surface area contributed by atoms with E-state index in [2.05, 4.69) is 5.32 Å². The Kier molecular flexibility index (Phi) is 6.19. The maximum absolute atomic E-state index is 13.1. The summed E-state index contributed by atoms with van der Waals surface area (Å²) in [4.78, 5) is 38.7. The number of hydrogen-bond donors (Lipinski definition) is 1. The van der Waals surface area contributed by atoms with Gasteiger partial charge in [0.25, 0.3) is 0 Å². The standard InChI is InChI=1S/C19H24N2O4S/c1-25-16-9-5-4-8-15(16)21(19(24)13-10-18(23)26-12-13)11-17(22)20-14-6-2-3-7-14/h4-5,8-9,13-14H,2-3,6-7,10-12H2,1H3,(H,20,22). The van der Waals surface area contributed by atoms with Gasteiger partial charge in [0.05, 0.1) is 18.7 Å². The molecule has 0 radical (unpaired) electrons. The number of thioether (sulfide) groups is 1. The molecule has 1 saturated heterocycles. The van der Waals surface area contributed by atoms with Crippen molar-refractivity contribution in [2.45, 2.75) is 38.1 Å². The summed E-state index contributed by atoms with van der Waals surface area (Å²) in [6.45, 7) is -0.0644. The van der Waals surface area contributed by atoms with Gasteiger partial charge in [0.1, 0.15) is 12.3 Å². The van der Waals surface area contributed by atoms with E-state index in [1.54, 1.807) is 12.1 Å². The molecule has 0 spiro atoms. The van der Waals surface area contributed by atoms with Crippen LogP contribution in [-0.2, 0) is 14.4 Å². The van der Waals surface area contributed by atoms with Gasteiger partial charge < -0.3 is 10.1 Å². The largest absolute Gasteiger partial charge is 0.495 e. The van der Waals surface area contributed by atoms with Gasteiger partial charge in [0.15, 0.2) is 5.12 Å². The third-order valence-electron chi connectivity index (χ3n) is 4.87. The lowest BCUT2D eigenvalue weighted by Gasteiger charge is -2.27. The van der Waals surface area contributed by atoms with Crippen molar-refractivity contribution in [2.75, 3.05) is 24.3 Å². The van der Waals surface area contributed by atoms with E-state index in [1.165, 1.54) is 23.8 Å². The molecule has 7 heteroatoms. The molecule has 2 fully saturated rings. The summed E-state index contributed by atoms with van der Waals surface area (Å²) in [6.07, 6.45) is 4.45. The Hall–Kier alpha value is -2.02. The van der Waals surface area contributed by atoms with Crippen molar-refractivity contribution in [1.82, 2.24) is 5.32 Å². The van der Waals surface area contributed by atoms with Crippen LogP contribution in [0.2, 0.25) is 0 Å². The van der Waals surface area contributed by atoms with E-state index in [0.717, 1.165) is 25.7 Å². The lowest BCUT2D eigenvalue weighted by molar-refractivity contribution is -0.126. The number of carbonyl (C=O) groups is 3. The number of benzene rings is 1. The summed E-state index contributed by atoms with van der Waals surface area (Å²) >= 11 is 1.18. The van der Waals surface area contributed by atoms with Crippen LogP contribution in [0.15, 0.2) is 24.3 Å². The Morgan fingerprint density at radius 3 is 2.65 bits per heavy atom. The van der Waals surface area contributed by atoms with E-state index in [0.29, 0.717) is 17.2 Å². The van der Waals surface area contributed by atoms with Crippen molar-refractivity contribution in [3.05, 3.63) is 24.3 Å². The Morgan fingerprint density at radius 2 is 2.00 bits per heavy atom. The summed E-state index contributed by atoms with van der Waals surface area (Å²) in [5.41, 5.74) is 0.561. The van der Waals surface area contributed by atoms with E-state index < -0.39 is 5.92 Å². The number of nitrogens with one attached hydrogen (secondary N) is 1. The molecule has 1 aromatic rings. The van der Waals surface area contributed by atoms with E-state index in [9.17, 15) is 14.4 Å². The molecule has 0 aromatic heterocycles. The van der Waals surface area contributed by atoms with Crippen LogP contribution in [0.4, 0.5) is 5.69 Å². The first-order valence-corrected chi connectivity index (χ1v) is 9.96. The molecular weight excluding hydrogens is 352 g/mol. The van der Waals surface area contributed by atoms with E-state index in [4.69, 9.17) is 4.74 Å². The second-order valence-corrected chi connectivity index (χ2v) is 7.81. The molecule has 1 aliphatic heterocycles. The molecule has 1 aliphatic carbocycles. The zero-order valence-electron chi connectivity index (χ0n) is 14.9. The van der Waals surface area contributed by atoms with Gasteiger partial charge in [-0.3, -0.25) is 19.3 Å². The Labute approximate surface area is 157 Å². The van der Waals surface area contributed by atoms with E-state index >= 15 is 0 Å². The van der Waals surface area contributed by atoms with Crippen LogP contribution in [0.25, 0.3) is 0 Å². The number of hydrogen-bond acceptors (Lipinski definition) is 5. The van der Waals surface area contributed by atoms with E-state index in [-0.39, 0.29) is 35.9 Å². The summed E-state index contributed by atoms with van der Waals surface area (Å²) in [7, 11) is 1.54. The Morgan fingerprint density at radius 1 is 1.27 bits per heavy atom. The number of anilines is 1. The number of methoxy groups -OCH3 is 1. The fraction of sp³-hybridized carbons (Fsp3) is 0.526. The van der Waals surface area contributed by atoms with Gasteiger partial charge in [0.2, 0.25) is 11.8 Å². The molecule has 1 atom stereocenters. The Bertz CT molecular complexity index is 688. The molecular formula is C19H24N2O4S. The minimum atomic E-state index is -0.392. The molecule has 2 aliphatic rings. The average molecular weight is 376 g/mol. The van der Waals surface area contributed by atoms with Crippen molar-refractivity contribution in [1.29, 1.82) is 0 Å².